The molecule has 1 N–H and O–H groups in total. The first-order valence-corrected chi connectivity index (χ1v) is 8.56. The number of nitriles is 1. The number of alkyl halides is 9. The average molecular weight is 438 g/mol. The number of anilines is 1. The Hall–Kier alpha value is -1.97. The van der Waals surface area contributed by atoms with Crippen LogP contribution in [0.25, 0.3) is 0 Å². The lowest BCUT2D eigenvalue weighted by molar-refractivity contribution is -0.388. The Morgan fingerprint density at radius 1 is 0.929 bits per heavy atom. The van der Waals surface area contributed by atoms with E-state index in [1.807, 2.05) is 0 Å². The molecule has 0 saturated heterocycles. The molecule has 0 unspecified atom stereocenters. The number of hydrogen-bond acceptors (Lipinski definition) is 3. The van der Waals surface area contributed by atoms with Crippen LogP contribution in [0.5, 0.6) is 0 Å². The zero-order chi connectivity index (χ0) is 21.5. The first kappa shape index (κ1) is 22.3. The largest absolute Gasteiger partial charge is 0.460 e. The van der Waals surface area contributed by atoms with Gasteiger partial charge < -0.3 is 5.32 Å². The van der Waals surface area contributed by atoms with Gasteiger partial charge in [-0.2, -0.15) is 44.8 Å². The number of amides is 1. The number of hydrogen-bond donors (Lipinski definition) is 1. The molecule has 3 nitrogen and oxygen atoms in total. The van der Waals surface area contributed by atoms with Crippen molar-refractivity contribution in [3.05, 3.63) is 16.0 Å². The second-order valence-corrected chi connectivity index (χ2v) is 7.16. The molecule has 2 rings (SSSR count). The summed E-state index contributed by atoms with van der Waals surface area (Å²) in [6.07, 6.45) is -4.12. The van der Waals surface area contributed by atoms with Gasteiger partial charge in [0.15, 0.2) is 0 Å². The van der Waals surface area contributed by atoms with Gasteiger partial charge in [-0.1, -0.05) is 6.42 Å². The van der Waals surface area contributed by atoms with Crippen LogP contribution >= 0.6 is 11.3 Å². The summed E-state index contributed by atoms with van der Waals surface area (Å²) in [5.41, 5.74) is 0.118. The highest BCUT2D eigenvalue weighted by molar-refractivity contribution is 7.16. The predicted octanol–water partition coefficient (Wildman–Crippen LogP) is 5.30. The number of fused-ring (bicyclic) bond motifs is 1. The highest BCUT2D eigenvalue weighted by atomic mass is 32.1. The maximum Gasteiger partial charge on any atom is 0.460 e. The third-order valence-corrected chi connectivity index (χ3v) is 5.40. The first-order chi connectivity index (χ1) is 12.7. The summed E-state index contributed by atoms with van der Waals surface area (Å²) in [7, 11) is 0. The maximum atomic E-state index is 13.7. The summed E-state index contributed by atoms with van der Waals surface area (Å²) < 4.78 is 116. The van der Waals surface area contributed by atoms with Crippen molar-refractivity contribution < 1.29 is 44.3 Å². The van der Waals surface area contributed by atoms with Crippen molar-refractivity contribution in [1.29, 1.82) is 5.26 Å². The van der Waals surface area contributed by atoms with E-state index in [0.717, 1.165) is 6.42 Å². The molecule has 1 amide bonds. The first-order valence-electron chi connectivity index (χ1n) is 7.74. The number of halogens is 9. The molecular formula is C15H11F9N2OS. The number of nitrogens with one attached hydrogen (secondary N) is 1. The van der Waals surface area contributed by atoms with Gasteiger partial charge in [-0.05, 0) is 31.2 Å². The number of rotatable bonds is 4. The number of nitrogens with zero attached hydrogens (tertiary/aromatic N) is 1. The second-order valence-electron chi connectivity index (χ2n) is 6.06. The number of carbonyl (C=O) groups excluding carboxylic acids is 1. The van der Waals surface area contributed by atoms with Crippen molar-refractivity contribution in [2.24, 2.45) is 0 Å². The van der Waals surface area contributed by atoms with Crippen molar-refractivity contribution in [1.82, 2.24) is 0 Å². The van der Waals surface area contributed by atoms with Crippen LogP contribution in [-0.2, 0) is 17.6 Å². The minimum absolute atomic E-state index is 0.294. The lowest BCUT2D eigenvalue weighted by Gasteiger charge is -2.32. The Bertz CT molecular complexity index is 808. The fourth-order valence-corrected chi connectivity index (χ4v) is 3.88. The zero-order valence-electron chi connectivity index (χ0n) is 13.7. The predicted molar refractivity (Wildman–Crippen MR) is 79.8 cm³/mol. The Labute approximate surface area is 156 Å². The molecule has 1 heterocycles. The lowest BCUT2D eigenvalue weighted by atomic mass is 10.0. The fraction of sp³-hybridized carbons (Fsp3) is 0.600. The van der Waals surface area contributed by atoms with Gasteiger partial charge in [-0.25, -0.2) is 0 Å². The second kappa shape index (κ2) is 7.13. The monoisotopic (exact) mass is 438 g/mol. The van der Waals surface area contributed by atoms with E-state index in [2.05, 4.69) is 0 Å². The Balaban J connectivity index is 2.38. The van der Waals surface area contributed by atoms with Gasteiger partial charge in [0.1, 0.15) is 11.1 Å². The van der Waals surface area contributed by atoms with Gasteiger partial charge in [-0.15, -0.1) is 11.3 Å². The summed E-state index contributed by atoms with van der Waals surface area (Å²) in [5.74, 6) is -23.7. The van der Waals surface area contributed by atoms with Gasteiger partial charge in [-0.3, -0.25) is 4.79 Å². The molecule has 1 aliphatic carbocycles. The van der Waals surface area contributed by atoms with E-state index in [1.54, 1.807) is 6.07 Å². The van der Waals surface area contributed by atoms with Crippen molar-refractivity contribution >= 4 is 22.2 Å². The molecule has 13 heteroatoms. The summed E-state index contributed by atoms with van der Waals surface area (Å²) in [5, 5.41) is 9.81. The van der Waals surface area contributed by atoms with Crippen molar-refractivity contribution in [2.75, 3.05) is 5.32 Å². The zero-order valence-corrected chi connectivity index (χ0v) is 14.5. The molecule has 1 aliphatic rings. The molecule has 1 aromatic heterocycles. The van der Waals surface area contributed by atoms with Crippen molar-refractivity contribution in [3.8, 4) is 6.07 Å². The van der Waals surface area contributed by atoms with Crippen molar-refractivity contribution in [2.45, 2.75) is 56.0 Å². The maximum absolute atomic E-state index is 13.7. The van der Waals surface area contributed by atoms with E-state index in [9.17, 15) is 44.3 Å². The summed E-state index contributed by atoms with van der Waals surface area (Å²) in [4.78, 5) is 12.1. The highest BCUT2D eigenvalue weighted by Gasteiger charge is 2.83. The molecule has 0 bridgehead atoms. The normalized spacial score (nSPS) is 16.1. The molecule has 28 heavy (non-hydrogen) atoms. The van der Waals surface area contributed by atoms with Crippen LogP contribution in [0.4, 0.5) is 44.5 Å². The summed E-state index contributed by atoms with van der Waals surface area (Å²) in [6, 6.07) is 1.62. The van der Waals surface area contributed by atoms with Crippen LogP contribution in [0.15, 0.2) is 0 Å². The average Bonchev–Trinajstić information content (AvgIpc) is 2.73. The molecule has 0 aliphatic heterocycles. The van der Waals surface area contributed by atoms with Gasteiger partial charge >= 0.3 is 29.9 Å². The standard InChI is InChI=1S/C15H11F9N2OS/c16-12(17,13(18,19)14(20,21)15(22,23)24)11(27)26-10-8(6-25)7-4-2-1-3-5-9(7)28-10/h1-5H2,(H,26,27). The molecule has 156 valence electrons. The molecule has 0 saturated carbocycles. The van der Waals surface area contributed by atoms with E-state index < -0.39 is 34.9 Å². The SMILES string of the molecule is N#Cc1c(NC(=O)C(F)(F)C(F)(F)C(F)(F)C(F)(F)F)sc2c1CCCCC2. The van der Waals surface area contributed by atoms with Crippen LogP contribution < -0.4 is 5.32 Å². The molecule has 0 aromatic carbocycles. The number of carbonyl (C=O) groups is 1. The third kappa shape index (κ3) is 3.42. The fourth-order valence-electron chi connectivity index (χ4n) is 2.65. The summed E-state index contributed by atoms with van der Waals surface area (Å²) in [6.45, 7) is 0. The van der Waals surface area contributed by atoms with Gasteiger partial charge in [0.2, 0.25) is 0 Å². The van der Waals surface area contributed by atoms with Crippen LogP contribution in [0.1, 0.15) is 35.3 Å². The van der Waals surface area contributed by atoms with Crippen LogP contribution in [0.2, 0.25) is 0 Å². The molecule has 0 spiro atoms. The van der Waals surface area contributed by atoms with Crippen LogP contribution in [0, 0.1) is 11.3 Å². The van der Waals surface area contributed by atoms with Gasteiger partial charge in [0, 0.05) is 4.88 Å². The Kier molecular flexibility index (Phi) is 5.68. The third-order valence-electron chi connectivity index (χ3n) is 4.19. The van der Waals surface area contributed by atoms with E-state index in [-0.39, 0.29) is 5.56 Å². The molecule has 0 fully saturated rings. The quantitative estimate of drug-likeness (QED) is 0.513. The van der Waals surface area contributed by atoms with E-state index in [1.165, 1.54) is 5.32 Å². The topological polar surface area (TPSA) is 52.9 Å². The highest BCUT2D eigenvalue weighted by Crippen LogP contribution is 2.53. The molecule has 1 aromatic rings. The molecule has 0 atom stereocenters. The van der Waals surface area contributed by atoms with E-state index >= 15 is 0 Å². The van der Waals surface area contributed by atoms with Crippen molar-refractivity contribution in [3.63, 3.8) is 0 Å². The number of aryl methyl sites for hydroxylation is 1. The Morgan fingerprint density at radius 2 is 1.50 bits per heavy atom. The molecule has 0 radical (unpaired) electrons. The minimum Gasteiger partial charge on any atom is -0.311 e. The van der Waals surface area contributed by atoms with Crippen LogP contribution in [-0.4, -0.2) is 29.9 Å². The van der Waals surface area contributed by atoms with E-state index in [0.29, 0.717) is 47.5 Å². The minimum atomic E-state index is -7.16. The summed E-state index contributed by atoms with van der Waals surface area (Å²) >= 11 is 0.626. The molecular weight excluding hydrogens is 427 g/mol. The smallest absolute Gasteiger partial charge is 0.311 e. The Morgan fingerprint density at radius 3 is 2.04 bits per heavy atom. The van der Waals surface area contributed by atoms with Crippen LogP contribution in [0.3, 0.4) is 0 Å². The van der Waals surface area contributed by atoms with Gasteiger partial charge in [0.25, 0.3) is 0 Å². The van der Waals surface area contributed by atoms with E-state index in [4.69, 9.17) is 5.26 Å². The van der Waals surface area contributed by atoms with Gasteiger partial charge in [0.05, 0.1) is 5.56 Å². The number of thiophene rings is 1. The lowest BCUT2D eigenvalue weighted by Crippen LogP contribution is -2.64.